The van der Waals surface area contributed by atoms with Gasteiger partial charge in [0.15, 0.2) is 0 Å². The lowest BCUT2D eigenvalue weighted by Crippen LogP contribution is -2.39. The Balaban J connectivity index is 1.82. The lowest BCUT2D eigenvalue weighted by atomic mass is 10.2. The molecule has 0 aliphatic heterocycles. The van der Waals surface area contributed by atoms with E-state index in [0.717, 1.165) is 9.13 Å². The molecule has 0 saturated carbocycles. The lowest BCUT2D eigenvalue weighted by Gasteiger charge is -2.11. The molecule has 3 rings (SSSR count). The maximum Gasteiger partial charge on any atom is 0.331 e. The number of benzene rings is 1. The molecule has 3 aromatic rings. The second kappa shape index (κ2) is 6.60. The smallest absolute Gasteiger partial charge is 0.324 e. The molecule has 0 unspecified atom stereocenters. The molecule has 2 aromatic heterocycles. The summed E-state index contributed by atoms with van der Waals surface area (Å²) in [4.78, 5) is 35.4. The Morgan fingerprint density at radius 2 is 1.84 bits per heavy atom. The summed E-state index contributed by atoms with van der Waals surface area (Å²) in [5.74, 6) is -1.17. The molecule has 1 N–H and O–H groups in total. The van der Waals surface area contributed by atoms with E-state index >= 15 is 0 Å². The molecular formula is C17H15FN4O3. The summed E-state index contributed by atoms with van der Waals surface area (Å²) in [6, 6.07) is 9.17. The third-order valence-corrected chi connectivity index (χ3v) is 3.70. The quantitative estimate of drug-likeness (QED) is 0.772. The van der Waals surface area contributed by atoms with Crippen molar-refractivity contribution in [2.24, 2.45) is 7.05 Å². The first-order valence-electron chi connectivity index (χ1n) is 7.45. The Morgan fingerprint density at radius 1 is 1.12 bits per heavy atom. The summed E-state index contributed by atoms with van der Waals surface area (Å²) in [7, 11) is 1.32. The zero-order valence-corrected chi connectivity index (χ0v) is 13.3. The highest BCUT2D eigenvalue weighted by atomic mass is 19.1. The molecule has 2 heterocycles. The van der Waals surface area contributed by atoms with E-state index in [2.05, 4.69) is 5.32 Å². The standard InChI is InChI=1S/C17H15FN4O3/c1-20-16(24)6-9-22(17(20)25)11-15(23)19-14-10-12(4-5-13(14)18)21-7-2-3-8-21/h2-10H,11H2,1H3,(H,19,23). The van der Waals surface area contributed by atoms with Crippen LogP contribution in [0.2, 0.25) is 0 Å². The van der Waals surface area contributed by atoms with Crippen LogP contribution >= 0.6 is 0 Å². The molecule has 0 bridgehead atoms. The second-order valence-electron chi connectivity index (χ2n) is 5.43. The minimum absolute atomic E-state index is 0.00840. The number of hydrogen-bond acceptors (Lipinski definition) is 3. The third-order valence-electron chi connectivity index (χ3n) is 3.70. The number of nitrogens with zero attached hydrogens (tertiary/aromatic N) is 3. The van der Waals surface area contributed by atoms with E-state index in [0.29, 0.717) is 5.69 Å². The van der Waals surface area contributed by atoms with Crippen molar-refractivity contribution in [3.8, 4) is 5.69 Å². The number of carbonyl (C=O) groups is 1. The van der Waals surface area contributed by atoms with Crippen LogP contribution in [0.3, 0.4) is 0 Å². The van der Waals surface area contributed by atoms with Crippen LogP contribution in [0.25, 0.3) is 5.69 Å². The zero-order chi connectivity index (χ0) is 18.0. The van der Waals surface area contributed by atoms with Gasteiger partial charge in [0.2, 0.25) is 5.91 Å². The van der Waals surface area contributed by atoms with Crippen molar-refractivity contribution in [3.63, 3.8) is 0 Å². The largest absolute Gasteiger partial charge is 0.331 e. The number of hydrogen-bond donors (Lipinski definition) is 1. The molecule has 1 aromatic carbocycles. The average Bonchev–Trinajstić information content (AvgIpc) is 3.12. The van der Waals surface area contributed by atoms with Crippen LogP contribution in [0, 0.1) is 5.82 Å². The normalized spacial score (nSPS) is 10.6. The van der Waals surface area contributed by atoms with Crippen LogP contribution in [-0.2, 0) is 18.4 Å². The summed E-state index contributed by atoms with van der Waals surface area (Å²) in [5, 5.41) is 2.45. The Labute approximate surface area is 141 Å². The van der Waals surface area contributed by atoms with Crippen molar-refractivity contribution in [3.05, 3.63) is 81.6 Å². The summed E-state index contributed by atoms with van der Waals surface area (Å²) in [6.45, 7) is -0.333. The van der Waals surface area contributed by atoms with E-state index < -0.39 is 23.0 Å². The Hall–Kier alpha value is -3.42. The maximum absolute atomic E-state index is 14.0. The molecular weight excluding hydrogens is 327 g/mol. The Bertz CT molecular complexity index is 1030. The Kier molecular flexibility index (Phi) is 4.34. The fourth-order valence-corrected chi connectivity index (χ4v) is 2.36. The van der Waals surface area contributed by atoms with Gasteiger partial charge in [0.1, 0.15) is 12.4 Å². The minimum atomic E-state index is -0.621. The van der Waals surface area contributed by atoms with Crippen LogP contribution in [0.5, 0.6) is 0 Å². The second-order valence-corrected chi connectivity index (χ2v) is 5.43. The third kappa shape index (κ3) is 3.42. The van der Waals surface area contributed by atoms with Crippen LogP contribution < -0.4 is 16.6 Å². The van der Waals surface area contributed by atoms with Gasteiger partial charge in [-0.2, -0.15) is 0 Å². The summed E-state index contributed by atoms with van der Waals surface area (Å²) < 4.78 is 17.7. The van der Waals surface area contributed by atoms with Gasteiger partial charge in [-0.3, -0.25) is 18.7 Å². The van der Waals surface area contributed by atoms with E-state index in [9.17, 15) is 18.8 Å². The van der Waals surface area contributed by atoms with Crippen LogP contribution in [0.15, 0.2) is 64.6 Å². The number of amides is 1. The monoisotopic (exact) mass is 342 g/mol. The van der Waals surface area contributed by atoms with Gasteiger partial charge in [-0.15, -0.1) is 0 Å². The zero-order valence-electron chi connectivity index (χ0n) is 13.3. The fraction of sp³-hybridized carbons (Fsp3) is 0.118. The molecule has 8 heteroatoms. The van der Waals surface area contributed by atoms with Crippen LogP contribution in [-0.4, -0.2) is 19.6 Å². The average molecular weight is 342 g/mol. The van der Waals surface area contributed by atoms with Gasteiger partial charge in [0, 0.05) is 37.4 Å². The molecule has 0 aliphatic rings. The van der Waals surface area contributed by atoms with E-state index in [-0.39, 0.29) is 12.2 Å². The molecule has 0 saturated heterocycles. The number of carbonyl (C=O) groups excluding carboxylic acids is 1. The summed E-state index contributed by atoms with van der Waals surface area (Å²) in [6.07, 6.45) is 4.82. The predicted molar refractivity (Wildman–Crippen MR) is 90.3 cm³/mol. The van der Waals surface area contributed by atoms with E-state index in [1.807, 2.05) is 12.1 Å². The topological polar surface area (TPSA) is 78.0 Å². The van der Waals surface area contributed by atoms with Gasteiger partial charge in [0.05, 0.1) is 5.69 Å². The first kappa shape index (κ1) is 16.4. The first-order chi connectivity index (χ1) is 12.0. The highest BCUT2D eigenvalue weighted by Gasteiger charge is 2.11. The fourth-order valence-electron chi connectivity index (χ4n) is 2.36. The van der Waals surface area contributed by atoms with Gasteiger partial charge < -0.3 is 9.88 Å². The van der Waals surface area contributed by atoms with Crippen LogP contribution in [0.1, 0.15) is 0 Å². The van der Waals surface area contributed by atoms with Gasteiger partial charge in [-0.05, 0) is 30.3 Å². The van der Waals surface area contributed by atoms with E-state index in [1.165, 1.54) is 31.4 Å². The SMILES string of the molecule is Cn1c(=O)ccn(CC(=O)Nc2cc(-n3cccc3)ccc2F)c1=O. The number of halogens is 1. The van der Waals surface area contributed by atoms with Gasteiger partial charge in [0.25, 0.3) is 5.56 Å². The number of aromatic nitrogens is 3. The molecule has 0 radical (unpaired) electrons. The Morgan fingerprint density at radius 3 is 2.56 bits per heavy atom. The molecule has 0 spiro atoms. The van der Waals surface area contributed by atoms with Gasteiger partial charge in [-0.1, -0.05) is 0 Å². The van der Waals surface area contributed by atoms with Gasteiger partial charge in [-0.25, -0.2) is 9.18 Å². The van der Waals surface area contributed by atoms with Crippen molar-refractivity contribution in [2.75, 3.05) is 5.32 Å². The minimum Gasteiger partial charge on any atom is -0.324 e. The van der Waals surface area contributed by atoms with Crippen LogP contribution in [0.4, 0.5) is 10.1 Å². The molecule has 0 aliphatic carbocycles. The molecule has 25 heavy (non-hydrogen) atoms. The van der Waals surface area contributed by atoms with Crippen molar-refractivity contribution < 1.29 is 9.18 Å². The highest BCUT2D eigenvalue weighted by molar-refractivity contribution is 5.91. The molecule has 0 fully saturated rings. The number of anilines is 1. The van der Waals surface area contributed by atoms with Crippen molar-refractivity contribution in [1.82, 2.24) is 13.7 Å². The highest BCUT2D eigenvalue weighted by Crippen LogP contribution is 2.19. The predicted octanol–water partition coefficient (Wildman–Crippen LogP) is 1.12. The summed E-state index contributed by atoms with van der Waals surface area (Å²) >= 11 is 0. The van der Waals surface area contributed by atoms with Gasteiger partial charge >= 0.3 is 5.69 Å². The van der Waals surface area contributed by atoms with E-state index in [1.54, 1.807) is 23.0 Å². The maximum atomic E-state index is 14.0. The first-order valence-corrected chi connectivity index (χ1v) is 7.45. The van der Waals surface area contributed by atoms with Crippen molar-refractivity contribution in [1.29, 1.82) is 0 Å². The molecule has 128 valence electrons. The molecule has 7 nitrogen and oxygen atoms in total. The molecule has 0 atom stereocenters. The number of rotatable bonds is 4. The number of nitrogens with one attached hydrogen (secondary N) is 1. The van der Waals surface area contributed by atoms with Crippen molar-refractivity contribution in [2.45, 2.75) is 6.54 Å². The van der Waals surface area contributed by atoms with E-state index in [4.69, 9.17) is 0 Å². The van der Waals surface area contributed by atoms with Crippen molar-refractivity contribution >= 4 is 11.6 Å². The molecule has 1 amide bonds. The lowest BCUT2D eigenvalue weighted by molar-refractivity contribution is -0.116. The summed E-state index contributed by atoms with van der Waals surface area (Å²) in [5.41, 5.74) is -0.397.